The van der Waals surface area contributed by atoms with Crippen molar-refractivity contribution in [3.8, 4) is 5.75 Å². The van der Waals surface area contributed by atoms with Crippen LogP contribution in [0.5, 0.6) is 5.75 Å². The minimum absolute atomic E-state index is 0.00651. The largest absolute Gasteiger partial charge is 0.495 e. The summed E-state index contributed by atoms with van der Waals surface area (Å²) >= 11 is 5.87. The quantitative estimate of drug-likeness (QED) is 0.523. The Morgan fingerprint density at radius 1 is 1.36 bits per heavy atom. The lowest BCUT2D eigenvalue weighted by molar-refractivity contribution is -0.141. The van der Waals surface area contributed by atoms with Crippen molar-refractivity contribution in [2.75, 3.05) is 20.7 Å². The molecular formula is C22H25ClF3N5O2. The summed E-state index contributed by atoms with van der Waals surface area (Å²) < 4.78 is 43.4. The molecule has 3 rings (SSSR count). The van der Waals surface area contributed by atoms with Crippen molar-refractivity contribution in [2.24, 2.45) is 10.7 Å². The highest BCUT2D eigenvalue weighted by molar-refractivity contribution is 6.32. The van der Waals surface area contributed by atoms with Crippen LogP contribution < -0.4 is 10.5 Å². The number of alkyl halides is 3. The van der Waals surface area contributed by atoms with E-state index in [2.05, 4.69) is 15.0 Å². The lowest BCUT2D eigenvalue weighted by Gasteiger charge is -2.32. The predicted molar refractivity (Wildman–Crippen MR) is 120 cm³/mol. The van der Waals surface area contributed by atoms with Crippen LogP contribution in [0.1, 0.15) is 30.3 Å². The summed E-state index contributed by atoms with van der Waals surface area (Å²) in [5, 5.41) is 0.699. The minimum atomic E-state index is -4.59. The molecule has 1 aromatic carbocycles. The van der Waals surface area contributed by atoms with E-state index in [-0.39, 0.29) is 17.4 Å². The van der Waals surface area contributed by atoms with E-state index >= 15 is 0 Å². The van der Waals surface area contributed by atoms with Gasteiger partial charge in [0.25, 0.3) is 0 Å². The number of amides is 1. The molecule has 178 valence electrons. The molecule has 2 heterocycles. The molecule has 0 saturated heterocycles. The molecule has 7 nitrogen and oxygen atoms in total. The summed E-state index contributed by atoms with van der Waals surface area (Å²) in [4.78, 5) is 23.7. The maximum atomic E-state index is 12.8. The van der Waals surface area contributed by atoms with E-state index in [9.17, 15) is 18.0 Å². The van der Waals surface area contributed by atoms with E-state index < -0.39 is 11.9 Å². The second kappa shape index (κ2) is 11.1. The van der Waals surface area contributed by atoms with Crippen LogP contribution in [0.2, 0.25) is 5.02 Å². The number of hydrogen-bond acceptors (Lipinski definition) is 6. The van der Waals surface area contributed by atoms with Crippen LogP contribution in [-0.2, 0) is 11.0 Å². The van der Waals surface area contributed by atoms with E-state index in [0.717, 1.165) is 11.3 Å². The van der Waals surface area contributed by atoms with Crippen LogP contribution in [-0.4, -0.2) is 53.7 Å². The summed E-state index contributed by atoms with van der Waals surface area (Å²) in [7, 11) is 3.06. The lowest BCUT2D eigenvalue weighted by Crippen LogP contribution is -2.42. The first-order chi connectivity index (χ1) is 15.5. The molecule has 1 aliphatic heterocycles. The topological polar surface area (TPSA) is 93.7 Å². The molecule has 11 heteroatoms. The second-order valence-electron chi connectivity index (χ2n) is 7.15. The number of aryl methyl sites for hydroxylation is 1. The predicted octanol–water partition coefficient (Wildman–Crippen LogP) is 4.03. The number of nitrogens with zero attached hydrogens (tertiary/aromatic N) is 4. The van der Waals surface area contributed by atoms with Crippen molar-refractivity contribution in [3.63, 3.8) is 0 Å². The van der Waals surface area contributed by atoms with Gasteiger partial charge in [0.05, 0.1) is 36.3 Å². The van der Waals surface area contributed by atoms with E-state index in [1.54, 1.807) is 14.0 Å². The first-order valence-corrected chi connectivity index (χ1v) is 10.3. The third kappa shape index (κ3) is 6.22. The number of methoxy groups -OCH3 is 1. The molecule has 33 heavy (non-hydrogen) atoms. The molecule has 1 unspecified atom stereocenters. The normalized spacial score (nSPS) is 16.8. The molecule has 2 aromatic rings. The van der Waals surface area contributed by atoms with Crippen molar-refractivity contribution in [1.82, 2.24) is 14.9 Å². The number of nitrogens with two attached hydrogens (primary N) is 1. The number of carbonyl (C=O) groups excluding carboxylic acids is 1. The second-order valence-corrected chi connectivity index (χ2v) is 7.53. The van der Waals surface area contributed by atoms with Gasteiger partial charge in [-0.15, -0.1) is 0 Å². The van der Waals surface area contributed by atoms with Crippen LogP contribution in [0.25, 0.3) is 0 Å². The van der Waals surface area contributed by atoms with Gasteiger partial charge in [-0.25, -0.2) is 4.98 Å². The number of ether oxygens (including phenoxy) is 1. The maximum absolute atomic E-state index is 12.8. The fourth-order valence-corrected chi connectivity index (χ4v) is 3.41. The van der Waals surface area contributed by atoms with Gasteiger partial charge in [0.2, 0.25) is 6.41 Å². The highest BCUT2D eigenvalue weighted by Gasteiger charge is 2.34. The van der Waals surface area contributed by atoms with Crippen molar-refractivity contribution >= 4 is 23.7 Å². The first kappa shape index (κ1) is 26.1. The molecule has 0 radical (unpaired) electrons. The smallest absolute Gasteiger partial charge is 0.434 e. The van der Waals surface area contributed by atoms with Crippen molar-refractivity contribution in [1.29, 1.82) is 0 Å². The molecule has 0 fully saturated rings. The van der Waals surface area contributed by atoms with E-state index in [1.807, 2.05) is 25.1 Å². The van der Waals surface area contributed by atoms with E-state index in [1.165, 1.54) is 18.1 Å². The summed E-state index contributed by atoms with van der Waals surface area (Å²) in [5.41, 5.74) is 7.26. The summed E-state index contributed by atoms with van der Waals surface area (Å²) in [5.74, 6) is 0.738. The van der Waals surface area contributed by atoms with Gasteiger partial charge in [-0.2, -0.15) is 13.2 Å². The van der Waals surface area contributed by atoms with Crippen LogP contribution >= 0.6 is 11.6 Å². The van der Waals surface area contributed by atoms with Gasteiger partial charge in [0.15, 0.2) is 5.69 Å². The highest BCUT2D eigenvalue weighted by atomic mass is 35.5. The standard InChI is InChI=1S/C14H16F3N5O.C8H9ClO/c1-8-12(18)9(3-4-22(8)7-23)13(19-2)10-5-20-6-11(21-10)14(15,16)17;1-6-4-3-5-7(10-2)8(6)9/h5-8H,3-4,18H2,1-2H3;3-5H,1-2H3. The Bertz CT molecular complexity index is 1060. The number of aliphatic imine (C=N–C) groups is 1. The van der Waals surface area contributed by atoms with Crippen LogP contribution in [0.4, 0.5) is 13.2 Å². The van der Waals surface area contributed by atoms with Crippen LogP contribution in [0.15, 0.2) is 46.9 Å². The van der Waals surface area contributed by atoms with Gasteiger partial charge in [0, 0.05) is 24.9 Å². The molecule has 0 aliphatic carbocycles. The van der Waals surface area contributed by atoms with Gasteiger partial charge < -0.3 is 15.4 Å². The molecule has 0 saturated carbocycles. The van der Waals surface area contributed by atoms with Gasteiger partial charge in [-0.1, -0.05) is 23.7 Å². The third-order valence-electron chi connectivity index (χ3n) is 5.10. The number of benzene rings is 1. The van der Waals surface area contributed by atoms with Crippen molar-refractivity contribution in [2.45, 2.75) is 32.5 Å². The zero-order valence-electron chi connectivity index (χ0n) is 18.7. The average molecular weight is 484 g/mol. The summed E-state index contributed by atoms with van der Waals surface area (Å²) in [6.45, 7) is 4.10. The molecule has 0 spiro atoms. The third-order valence-corrected chi connectivity index (χ3v) is 5.59. The number of carbonyl (C=O) groups is 1. The van der Waals surface area contributed by atoms with Crippen LogP contribution in [0, 0.1) is 6.92 Å². The number of rotatable bonds is 4. The highest BCUT2D eigenvalue weighted by Crippen LogP contribution is 2.28. The number of aromatic nitrogens is 2. The SMILES string of the molecule is CN=C(C1=C(N)C(C)N(C=O)CC1)c1cncc(C(F)(F)F)n1.COc1cccc(C)c1Cl. The Morgan fingerprint density at radius 3 is 2.61 bits per heavy atom. The molecule has 1 atom stereocenters. The van der Waals surface area contributed by atoms with Gasteiger partial charge in [-0.3, -0.25) is 14.8 Å². The maximum Gasteiger partial charge on any atom is 0.434 e. The fourth-order valence-electron chi connectivity index (χ4n) is 3.21. The Morgan fingerprint density at radius 2 is 2.06 bits per heavy atom. The molecule has 1 amide bonds. The van der Waals surface area contributed by atoms with Gasteiger partial charge >= 0.3 is 6.18 Å². The van der Waals surface area contributed by atoms with Crippen molar-refractivity contribution < 1.29 is 22.7 Å². The Kier molecular flexibility index (Phi) is 8.81. The minimum Gasteiger partial charge on any atom is -0.495 e. The zero-order valence-corrected chi connectivity index (χ0v) is 19.4. The summed E-state index contributed by atoms with van der Waals surface area (Å²) in [6, 6.07) is 5.35. The van der Waals surface area contributed by atoms with Crippen LogP contribution in [0.3, 0.4) is 0 Å². The van der Waals surface area contributed by atoms with Gasteiger partial charge in [-0.05, 0) is 31.9 Å². The number of hydrogen-bond donors (Lipinski definition) is 1. The molecule has 1 aliphatic rings. The molecule has 2 N–H and O–H groups in total. The molecule has 0 bridgehead atoms. The molecular weight excluding hydrogens is 459 g/mol. The Balaban J connectivity index is 0.000000321. The molecule has 1 aromatic heterocycles. The fraction of sp³-hybridized carbons (Fsp3) is 0.364. The zero-order chi connectivity index (χ0) is 24.8. The first-order valence-electron chi connectivity index (χ1n) is 9.90. The van der Waals surface area contributed by atoms with Crippen molar-refractivity contribution in [3.05, 3.63) is 63.8 Å². The number of halogens is 4. The van der Waals surface area contributed by atoms with E-state index in [4.69, 9.17) is 22.1 Å². The monoisotopic (exact) mass is 483 g/mol. The Labute approximate surface area is 195 Å². The summed E-state index contributed by atoms with van der Waals surface area (Å²) in [6.07, 6.45) is -1.63. The lowest BCUT2D eigenvalue weighted by atomic mass is 9.94. The van der Waals surface area contributed by atoms with Gasteiger partial charge in [0.1, 0.15) is 11.4 Å². The van der Waals surface area contributed by atoms with E-state index in [0.29, 0.717) is 41.9 Å². The Hall–Kier alpha value is -3.14. The average Bonchev–Trinajstić information content (AvgIpc) is 2.79.